The second-order valence-electron chi connectivity index (χ2n) is 34.2. The van der Waals surface area contributed by atoms with E-state index in [1.54, 1.807) is 13.8 Å². The van der Waals surface area contributed by atoms with E-state index in [9.17, 15) is 28.0 Å². The topological polar surface area (TPSA) is 279 Å². The van der Waals surface area contributed by atoms with Crippen molar-refractivity contribution in [3.05, 3.63) is 12.2 Å². The van der Waals surface area contributed by atoms with Crippen molar-refractivity contribution in [3.63, 3.8) is 0 Å². The molecule has 3 N–H and O–H groups in total. The maximum Gasteiger partial charge on any atom is 0.248 e. The average molecular weight is 1530 g/mol. The summed E-state index contributed by atoms with van der Waals surface area (Å²) in [7, 11) is 10.4. The van der Waals surface area contributed by atoms with Gasteiger partial charge in [0.05, 0.1) is 19.1 Å². The number of hydrogen-bond donors (Lipinski definition) is 3. The summed E-state index contributed by atoms with van der Waals surface area (Å²) in [4.78, 5) is 196. The number of rotatable bonds is 15. The quantitative estimate of drug-likeness (QED) is 0.110. The summed E-state index contributed by atoms with van der Waals surface area (Å²) in [6.45, 7) is 14.3. The number of fused-ring (bicyclic) bond motifs is 3. The summed E-state index contributed by atoms with van der Waals surface area (Å²) in [5.74, 6) is -9.46. The zero-order valence-electron chi connectivity index (χ0n) is 66.6. The second kappa shape index (κ2) is 37.5. The van der Waals surface area contributed by atoms with Gasteiger partial charge in [-0.3, -0.25) is 57.5 Å². The number of alkyl halides is 3. The molecule has 4 unspecified atom stereocenters. The van der Waals surface area contributed by atoms with E-state index in [0.717, 1.165) is 38.5 Å². The number of halogens is 3. The molecular formula is C79H127ClF2N12O13. The van der Waals surface area contributed by atoms with E-state index in [1.165, 1.54) is 93.4 Å². The van der Waals surface area contributed by atoms with Crippen LogP contribution >= 0.6 is 11.6 Å². The summed E-state index contributed by atoms with van der Waals surface area (Å²) in [6.07, 6.45) is 9.75. The molecule has 5 aliphatic carbocycles. The van der Waals surface area contributed by atoms with Gasteiger partial charge in [0.15, 0.2) is 0 Å². The van der Waals surface area contributed by atoms with Gasteiger partial charge in [-0.25, -0.2) is 8.78 Å². The van der Waals surface area contributed by atoms with Gasteiger partial charge in [-0.15, -0.1) is 11.6 Å². The Hall–Kier alpha value is -6.51. The van der Waals surface area contributed by atoms with E-state index >= 15 is 38.4 Å². The minimum Gasteiger partial charge on any atom is -0.377 e. The normalized spacial score (nSPS) is 33.0. The zero-order valence-corrected chi connectivity index (χ0v) is 67.4. The number of hydrogen-bond acceptors (Lipinski definition) is 13. The van der Waals surface area contributed by atoms with Crippen molar-refractivity contribution in [3.8, 4) is 0 Å². The van der Waals surface area contributed by atoms with Crippen LogP contribution < -0.4 is 16.0 Å². The van der Waals surface area contributed by atoms with Crippen LogP contribution in [0.1, 0.15) is 209 Å². The molecule has 0 aromatic rings. The number of carbonyl (C=O) groups is 12. The lowest BCUT2D eigenvalue weighted by Crippen LogP contribution is -2.71. The van der Waals surface area contributed by atoms with Gasteiger partial charge in [-0.05, 0) is 138 Å². The Morgan fingerprint density at radius 1 is 0.682 bits per heavy atom. The third kappa shape index (κ3) is 20.7. The third-order valence-electron chi connectivity index (χ3n) is 25.1. The Kier molecular flexibility index (Phi) is 30.1. The molecule has 602 valence electrons. The Bertz CT molecular complexity index is 3200. The van der Waals surface area contributed by atoms with E-state index in [-0.39, 0.29) is 95.4 Å². The molecule has 7 fully saturated rings. The van der Waals surface area contributed by atoms with Gasteiger partial charge in [0, 0.05) is 92.8 Å². The number of nitrogens with one attached hydrogen (secondary N) is 3. The lowest BCUT2D eigenvalue weighted by Gasteiger charge is -2.54. The molecule has 107 heavy (non-hydrogen) atoms. The molecule has 3 heterocycles. The monoisotopic (exact) mass is 1520 g/mol. The van der Waals surface area contributed by atoms with Crippen LogP contribution in [-0.2, 0) is 62.3 Å². The van der Waals surface area contributed by atoms with Crippen LogP contribution in [0.25, 0.3) is 0 Å². The maximum atomic E-state index is 15.9. The number of ether oxygens (including phenoxy) is 1. The Morgan fingerprint density at radius 2 is 1.35 bits per heavy atom. The minimum atomic E-state index is -2.65. The van der Waals surface area contributed by atoms with Crippen molar-refractivity contribution in [1.29, 1.82) is 0 Å². The number of likely N-dealkylation sites (N-methyl/N-ethyl adjacent to an activating group) is 6. The molecule has 2 bridgehead atoms. The molecule has 25 nitrogen and oxygen atoms in total. The summed E-state index contributed by atoms with van der Waals surface area (Å²) >= 11 is 6.72. The minimum absolute atomic E-state index is 0.00275. The fourth-order valence-electron chi connectivity index (χ4n) is 18.6. The van der Waals surface area contributed by atoms with E-state index in [2.05, 4.69) is 22.9 Å². The van der Waals surface area contributed by atoms with Gasteiger partial charge in [-0.1, -0.05) is 112 Å². The number of nitrogens with zero attached hydrogens (tertiary/aromatic N) is 9. The smallest absolute Gasteiger partial charge is 0.248 e. The van der Waals surface area contributed by atoms with Crippen molar-refractivity contribution in [2.45, 2.75) is 287 Å². The Balaban J connectivity index is 1.21. The molecule has 0 radical (unpaired) electrons. The maximum absolute atomic E-state index is 15.9. The molecule has 2 saturated heterocycles. The van der Waals surface area contributed by atoms with Gasteiger partial charge in [-0.2, -0.15) is 0 Å². The molecule has 28 heteroatoms. The van der Waals surface area contributed by atoms with Crippen molar-refractivity contribution < 1.29 is 71.1 Å². The Morgan fingerprint density at radius 3 is 1.93 bits per heavy atom. The van der Waals surface area contributed by atoms with Crippen LogP contribution in [0.5, 0.6) is 0 Å². The second-order valence-corrected chi connectivity index (χ2v) is 34.7. The predicted molar refractivity (Wildman–Crippen MR) is 401 cm³/mol. The van der Waals surface area contributed by atoms with Crippen molar-refractivity contribution in [2.75, 3.05) is 82.1 Å². The van der Waals surface area contributed by atoms with Crippen LogP contribution in [0.4, 0.5) is 8.78 Å². The highest BCUT2D eigenvalue weighted by molar-refractivity contribution is 6.21. The fraction of sp³-hybridized carbons (Fsp3) is 0.823. The number of carbonyl (C=O) groups excluding carboxylic acids is 12. The molecule has 12 amide bonds. The standard InChI is InChI=1S/C79H127ClF2N12O13/c1-16-24-57-69(98)84-66(48(5)17-2)75(104)93(53-33-34-53)44-64(97)89(13)58-27-20-19-23-36-92(74(58)103)61(39-50-30-28-47(4)29-31-50)73(102)87(11)43-62(95)83-56(35-32-51-37-49(6)65(68(81)82)55(80)38-51)71(100)94-42-54(107-18-3)40-59(94)70(99)85-79(45-78(7,8)46-79)77(106)91(15)67(52-25-21-22-26-52)76(105)90(14)60(72(101)86(9)10)41-63(96)88(57)12/h19-20,47-61,65-68H,16-18,21-46H2,1-15H3,(H,83,95)(H,84,98)(H,85,99)/b20-19-/t47?,48-,49?,50?,51?,54+,55?,56-,57-,58-,59-,60-,61-,65?,66-,67-/m0/s1. The highest BCUT2D eigenvalue weighted by Crippen LogP contribution is 2.50. The first-order chi connectivity index (χ1) is 50.5. The van der Waals surface area contributed by atoms with Crippen molar-refractivity contribution >= 4 is 82.5 Å². The fourth-order valence-corrected chi connectivity index (χ4v) is 19.2. The average Bonchev–Trinajstić information content (AvgIpc) is 1.15. The van der Waals surface area contributed by atoms with Crippen LogP contribution in [0.15, 0.2) is 12.2 Å². The predicted octanol–water partition coefficient (Wildman–Crippen LogP) is 7.00. The first kappa shape index (κ1) is 86.1. The lowest BCUT2D eigenvalue weighted by molar-refractivity contribution is -0.161. The first-order valence-corrected chi connectivity index (χ1v) is 40.5. The van der Waals surface area contributed by atoms with Crippen LogP contribution in [-0.4, -0.2) is 275 Å². The number of amides is 12. The molecule has 8 aliphatic rings. The SMILES string of the molecule is CCC[C@H]1C(=O)N[C@@H]([C@@H](C)CC)C(=O)N(C2CC2)CC(=O)N(C)[C@H]2C/C=C\CCN(C2=O)[C@@H](CC2CCC(C)CC2)C(=O)N(C)CC(=O)N[C@@H](CCC2CC(C)C(C(F)F)C(Cl)C2)C(=O)N2C[C@H](OCC)C[C@H]2C(=O)NC2(CC(C)(C)C2)C(=O)N(C)[C@@H](C2CCCC2)C(=O)N(C)[C@H](C(=O)N(C)C)CC(=O)N1C. The molecule has 14 atom stereocenters. The van der Waals surface area contributed by atoms with Crippen LogP contribution in [0, 0.1) is 46.8 Å². The van der Waals surface area contributed by atoms with Gasteiger partial charge in [0.2, 0.25) is 77.3 Å². The summed E-state index contributed by atoms with van der Waals surface area (Å²) in [6, 6.07) is -10.2. The van der Waals surface area contributed by atoms with Crippen LogP contribution in [0.2, 0.25) is 0 Å². The molecule has 8 rings (SSSR count). The first-order valence-electron chi connectivity index (χ1n) is 40.0. The van der Waals surface area contributed by atoms with Crippen molar-refractivity contribution in [2.24, 2.45) is 46.8 Å². The van der Waals surface area contributed by atoms with E-state index in [0.29, 0.717) is 57.3 Å². The van der Waals surface area contributed by atoms with E-state index in [1.807, 2.05) is 46.8 Å². The molecule has 5 saturated carbocycles. The van der Waals surface area contributed by atoms with E-state index in [4.69, 9.17) is 16.3 Å². The summed E-state index contributed by atoms with van der Waals surface area (Å²) < 4.78 is 35.0. The molecular weight excluding hydrogens is 1400 g/mol. The largest absolute Gasteiger partial charge is 0.377 e. The Labute approximate surface area is 639 Å². The zero-order chi connectivity index (χ0) is 78.8. The van der Waals surface area contributed by atoms with Gasteiger partial charge in [0.25, 0.3) is 0 Å². The third-order valence-corrected chi connectivity index (χ3v) is 25.6. The van der Waals surface area contributed by atoms with Gasteiger partial charge >= 0.3 is 0 Å². The highest BCUT2D eigenvalue weighted by Gasteiger charge is 2.59. The van der Waals surface area contributed by atoms with Gasteiger partial charge < -0.3 is 64.8 Å². The van der Waals surface area contributed by atoms with Crippen molar-refractivity contribution in [1.82, 2.24) is 60.0 Å². The molecule has 0 aromatic carbocycles. The van der Waals surface area contributed by atoms with E-state index < -0.39 is 191 Å². The lowest BCUT2D eigenvalue weighted by atomic mass is 9.58. The highest BCUT2D eigenvalue weighted by atomic mass is 35.5. The van der Waals surface area contributed by atoms with Gasteiger partial charge in [0.1, 0.15) is 60.4 Å². The molecule has 3 aliphatic heterocycles. The summed E-state index contributed by atoms with van der Waals surface area (Å²) in [5.41, 5.74) is -2.12. The summed E-state index contributed by atoms with van der Waals surface area (Å²) in [5, 5.41) is 8.21. The van der Waals surface area contributed by atoms with Crippen LogP contribution in [0.3, 0.4) is 0 Å². The molecule has 0 aromatic heterocycles. The molecule has 1 spiro atoms.